The summed E-state index contributed by atoms with van der Waals surface area (Å²) in [5.41, 5.74) is 0. The Morgan fingerprint density at radius 3 is 1.07 bits per heavy atom. The number of carbonyl (C=O) groups is 2. The lowest BCUT2D eigenvalue weighted by atomic mass is 10.0. The molecule has 0 aliphatic rings. The first-order chi connectivity index (χ1) is 35.0. The van der Waals surface area contributed by atoms with Crippen LogP contribution in [0.3, 0.4) is 0 Å². The Morgan fingerprint density at radius 2 is 0.704 bits per heavy atom. The fourth-order valence-electron chi connectivity index (χ4n) is 10.1. The van der Waals surface area contributed by atoms with Gasteiger partial charge in [-0.1, -0.05) is 301 Å². The topological polar surface area (TPSA) is 95.9 Å². The molecule has 0 aliphatic carbocycles. The van der Waals surface area contributed by atoms with E-state index in [1.807, 2.05) is 0 Å². The molecule has 0 bridgehead atoms. The zero-order valence-corrected chi connectivity index (χ0v) is 48.0. The first-order valence-corrected chi connectivity index (χ1v) is 32.1. The summed E-state index contributed by atoms with van der Waals surface area (Å²) in [6, 6.07) is -0.554. The van der Waals surface area contributed by atoms with Crippen molar-refractivity contribution in [2.75, 3.05) is 13.2 Å². The fraction of sp³-hybridized carbons (Fsp3) is 0.908. The SMILES string of the molecule is CCCCCCCCCCCCCCCCCCCCCCCC(O)C(CO)NC(=O)CCCCCCCCC/C=C\C/C=C\CCCCCOC(=O)CCCCCCCCCCCCCCCCCC. The van der Waals surface area contributed by atoms with Crippen LogP contribution in [0, 0.1) is 0 Å². The number of hydrogen-bond donors (Lipinski definition) is 3. The van der Waals surface area contributed by atoms with Crippen molar-refractivity contribution >= 4 is 11.9 Å². The molecule has 2 atom stereocenters. The van der Waals surface area contributed by atoms with Crippen LogP contribution in [0.4, 0.5) is 0 Å². The molecule has 0 saturated carbocycles. The summed E-state index contributed by atoms with van der Waals surface area (Å²) in [5, 5.41) is 23.4. The van der Waals surface area contributed by atoms with Gasteiger partial charge in [-0.2, -0.15) is 0 Å². The number of carbonyl (C=O) groups excluding carboxylic acids is 2. The number of aliphatic hydroxyl groups is 2. The molecule has 0 aromatic carbocycles. The molecule has 6 heteroatoms. The lowest BCUT2D eigenvalue weighted by Gasteiger charge is -2.22. The normalized spacial score (nSPS) is 12.7. The van der Waals surface area contributed by atoms with Crippen LogP contribution in [0.1, 0.15) is 354 Å². The van der Waals surface area contributed by atoms with Gasteiger partial charge in [-0.25, -0.2) is 0 Å². The predicted molar refractivity (Wildman–Crippen MR) is 310 cm³/mol. The molecule has 1 amide bonds. The molecule has 0 spiro atoms. The van der Waals surface area contributed by atoms with Crippen molar-refractivity contribution in [3.8, 4) is 0 Å². The van der Waals surface area contributed by atoms with E-state index in [0.717, 1.165) is 83.5 Å². The summed E-state index contributed by atoms with van der Waals surface area (Å²) in [6.07, 6.45) is 74.8. The second-order valence-corrected chi connectivity index (χ2v) is 22.1. The summed E-state index contributed by atoms with van der Waals surface area (Å²) in [5.74, 6) is -0.0587. The Kier molecular flexibility index (Phi) is 59.5. The summed E-state index contributed by atoms with van der Waals surface area (Å²) in [4.78, 5) is 24.6. The molecule has 0 heterocycles. The van der Waals surface area contributed by atoms with Crippen LogP contribution in [0.2, 0.25) is 0 Å². The number of esters is 1. The van der Waals surface area contributed by atoms with Crippen molar-refractivity contribution in [1.82, 2.24) is 5.32 Å². The molecule has 0 rings (SSSR count). The van der Waals surface area contributed by atoms with Crippen LogP contribution in [0.5, 0.6) is 0 Å². The Bertz CT molecular complexity index is 1110. The molecule has 6 nitrogen and oxygen atoms in total. The maximum atomic E-state index is 12.5. The van der Waals surface area contributed by atoms with Gasteiger partial charge >= 0.3 is 5.97 Å². The largest absolute Gasteiger partial charge is 0.466 e. The van der Waals surface area contributed by atoms with Gasteiger partial charge in [-0.15, -0.1) is 0 Å². The minimum absolute atomic E-state index is 0.0112. The highest BCUT2D eigenvalue weighted by atomic mass is 16.5. The molecule has 0 aromatic rings. The van der Waals surface area contributed by atoms with E-state index in [4.69, 9.17) is 4.74 Å². The average molecular weight is 1000 g/mol. The molecule has 420 valence electrons. The van der Waals surface area contributed by atoms with Crippen LogP contribution in [0.15, 0.2) is 24.3 Å². The van der Waals surface area contributed by atoms with Gasteiger partial charge in [-0.05, 0) is 64.2 Å². The van der Waals surface area contributed by atoms with Gasteiger partial charge in [0.15, 0.2) is 0 Å². The smallest absolute Gasteiger partial charge is 0.305 e. The molecule has 0 radical (unpaired) electrons. The monoisotopic (exact) mass is 1000 g/mol. The molecule has 0 aromatic heterocycles. The molecular weight excluding hydrogens is 875 g/mol. The van der Waals surface area contributed by atoms with Crippen molar-refractivity contribution < 1.29 is 24.5 Å². The third-order valence-corrected chi connectivity index (χ3v) is 15.0. The number of hydrogen-bond acceptors (Lipinski definition) is 5. The zero-order valence-electron chi connectivity index (χ0n) is 48.0. The van der Waals surface area contributed by atoms with Crippen LogP contribution in [-0.2, 0) is 14.3 Å². The van der Waals surface area contributed by atoms with E-state index < -0.39 is 12.1 Å². The minimum Gasteiger partial charge on any atom is -0.466 e. The summed E-state index contributed by atoms with van der Waals surface area (Å²) >= 11 is 0. The first kappa shape index (κ1) is 69.3. The number of ether oxygens (including phenoxy) is 1. The predicted octanol–water partition coefficient (Wildman–Crippen LogP) is 20.2. The molecule has 0 fully saturated rings. The number of aliphatic hydroxyl groups excluding tert-OH is 2. The van der Waals surface area contributed by atoms with Crippen molar-refractivity contribution in [1.29, 1.82) is 0 Å². The van der Waals surface area contributed by atoms with Gasteiger partial charge in [-0.3, -0.25) is 9.59 Å². The van der Waals surface area contributed by atoms with Gasteiger partial charge < -0.3 is 20.3 Å². The van der Waals surface area contributed by atoms with E-state index in [2.05, 4.69) is 43.5 Å². The third-order valence-electron chi connectivity index (χ3n) is 15.0. The molecule has 3 N–H and O–H groups in total. The van der Waals surface area contributed by atoms with Crippen molar-refractivity contribution in [2.45, 2.75) is 366 Å². The molecule has 0 saturated heterocycles. The van der Waals surface area contributed by atoms with E-state index in [0.29, 0.717) is 25.9 Å². The number of nitrogens with one attached hydrogen (secondary N) is 1. The Balaban J connectivity index is 3.47. The lowest BCUT2D eigenvalue weighted by molar-refractivity contribution is -0.143. The summed E-state index contributed by atoms with van der Waals surface area (Å²) in [6.45, 7) is 4.94. The summed E-state index contributed by atoms with van der Waals surface area (Å²) in [7, 11) is 0. The fourth-order valence-corrected chi connectivity index (χ4v) is 10.1. The average Bonchev–Trinajstić information content (AvgIpc) is 3.37. The number of amides is 1. The van der Waals surface area contributed by atoms with E-state index in [1.165, 1.54) is 238 Å². The van der Waals surface area contributed by atoms with E-state index in [-0.39, 0.29) is 18.5 Å². The number of unbranched alkanes of at least 4 members (excludes halogenated alkanes) is 45. The second-order valence-electron chi connectivity index (χ2n) is 22.1. The second kappa shape index (κ2) is 60.9. The van der Waals surface area contributed by atoms with E-state index >= 15 is 0 Å². The van der Waals surface area contributed by atoms with Crippen LogP contribution in [-0.4, -0.2) is 47.4 Å². The van der Waals surface area contributed by atoms with Crippen LogP contribution < -0.4 is 5.32 Å². The quantitative estimate of drug-likeness (QED) is 0.0320. The minimum atomic E-state index is -0.676. The highest BCUT2D eigenvalue weighted by Crippen LogP contribution is 2.18. The molecular formula is C65H125NO5. The Morgan fingerprint density at radius 1 is 0.394 bits per heavy atom. The molecule has 2 unspecified atom stereocenters. The van der Waals surface area contributed by atoms with E-state index in [9.17, 15) is 19.8 Å². The van der Waals surface area contributed by atoms with Gasteiger partial charge in [0, 0.05) is 12.8 Å². The van der Waals surface area contributed by atoms with Gasteiger partial charge in [0.1, 0.15) is 0 Å². The Hall–Kier alpha value is -1.66. The highest BCUT2D eigenvalue weighted by molar-refractivity contribution is 5.76. The summed E-state index contributed by atoms with van der Waals surface area (Å²) < 4.78 is 5.47. The first-order valence-electron chi connectivity index (χ1n) is 32.1. The van der Waals surface area contributed by atoms with Gasteiger partial charge in [0.2, 0.25) is 5.91 Å². The van der Waals surface area contributed by atoms with Crippen molar-refractivity contribution in [3.05, 3.63) is 24.3 Å². The maximum absolute atomic E-state index is 12.5. The third kappa shape index (κ3) is 57.5. The molecule has 71 heavy (non-hydrogen) atoms. The maximum Gasteiger partial charge on any atom is 0.305 e. The number of allylic oxidation sites excluding steroid dienone is 4. The van der Waals surface area contributed by atoms with Gasteiger partial charge in [0.25, 0.3) is 0 Å². The Labute approximate surface area is 443 Å². The van der Waals surface area contributed by atoms with E-state index in [1.54, 1.807) is 0 Å². The highest BCUT2D eigenvalue weighted by Gasteiger charge is 2.20. The van der Waals surface area contributed by atoms with Crippen LogP contribution >= 0.6 is 0 Å². The molecule has 0 aliphatic heterocycles. The van der Waals surface area contributed by atoms with Crippen molar-refractivity contribution in [2.24, 2.45) is 0 Å². The van der Waals surface area contributed by atoms with Crippen LogP contribution in [0.25, 0.3) is 0 Å². The standard InChI is InChI=1S/C65H125NO5/c1-3-5-7-9-11-13-15-17-19-21-22-23-24-26-29-33-37-41-45-49-53-57-63(68)62(61-67)66-64(69)58-54-50-46-42-38-34-30-27-25-28-32-36-40-44-48-52-56-60-71-65(70)59-55-51-47-43-39-35-31-20-18-16-14-12-10-8-6-4-2/h25,28,36,40,62-63,67-68H,3-24,26-27,29-35,37-39,41-61H2,1-2H3,(H,66,69)/b28-25-,40-36-. The van der Waals surface area contributed by atoms with Crippen molar-refractivity contribution in [3.63, 3.8) is 0 Å². The number of rotatable bonds is 60. The zero-order chi connectivity index (χ0) is 51.4. The van der Waals surface area contributed by atoms with Gasteiger partial charge in [0.05, 0.1) is 25.4 Å². The lowest BCUT2D eigenvalue weighted by Crippen LogP contribution is -2.45.